The zero-order chi connectivity index (χ0) is 19.8. The summed E-state index contributed by atoms with van der Waals surface area (Å²) in [5, 5.41) is 9.99. The minimum atomic E-state index is -5.22. The smallest absolute Gasteiger partial charge is 0.330 e. The van der Waals surface area contributed by atoms with Gasteiger partial charge in [-0.2, -0.15) is 0 Å². The van der Waals surface area contributed by atoms with E-state index in [2.05, 4.69) is 25.4 Å². The van der Waals surface area contributed by atoms with Crippen LogP contribution in [0.5, 0.6) is 0 Å². The third-order valence-corrected chi connectivity index (χ3v) is 5.03. The second-order valence-corrected chi connectivity index (χ2v) is 7.96. The summed E-state index contributed by atoms with van der Waals surface area (Å²) in [4.78, 5) is 47.6. The SMILES string of the molecule is O=c1[nH]c(=O)n(C2CC(O)C(COP(=O)([O-])[O-])O2)cc1-c1ccc(Br)cc1. The Kier molecular flexibility index (Phi) is 5.82. The zero-order valence-electron chi connectivity index (χ0n) is 13.6. The molecular formula is C15H14BrN2O8P-2. The third kappa shape index (κ3) is 4.82. The number of phosphoric ester groups is 1. The highest BCUT2D eigenvalue weighted by Crippen LogP contribution is 2.32. The van der Waals surface area contributed by atoms with Crippen LogP contribution < -0.4 is 21.0 Å². The van der Waals surface area contributed by atoms with Crippen LogP contribution >= 0.6 is 23.8 Å². The number of aromatic nitrogens is 2. The van der Waals surface area contributed by atoms with Crippen LogP contribution in [-0.2, 0) is 13.8 Å². The Morgan fingerprint density at radius 2 is 2.00 bits per heavy atom. The summed E-state index contributed by atoms with van der Waals surface area (Å²) in [6.07, 6.45) is -1.98. The average molecular weight is 461 g/mol. The van der Waals surface area contributed by atoms with Crippen molar-refractivity contribution in [3.63, 3.8) is 0 Å². The van der Waals surface area contributed by atoms with Gasteiger partial charge in [-0.05, 0) is 17.7 Å². The summed E-state index contributed by atoms with van der Waals surface area (Å²) >= 11 is 3.29. The molecule has 2 N–H and O–H groups in total. The molecule has 10 nitrogen and oxygen atoms in total. The molecule has 1 fully saturated rings. The van der Waals surface area contributed by atoms with Crippen molar-refractivity contribution in [2.24, 2.45) is 0 Å². The van der Waals surface area contributed by atoms with Gasteiger partial charge in [0.15, 0.2) is 0 Å². The molecule has 3 atom stereocenters. The summed E-state index contributed by atoms with van der Waals surface area (Å²) in [6.45, 7) is -0.667. The number of aliphatic hydroxyl groups excluding tert-OH is 1. The van der Waals surface area contributed by atoms with Crippen molar-refractivity contribution in [2.75, 3.05) is 6.61 Å². The largest absolute Gasteiger partial charge is 0.790 e. The molecule has 0 radical (unpaired) electrons. The lowest BCUT2D eigenvalue weighted by molar-refractivity contribution is -0.343. The molecule has 0 spiro atoms. The first-order chi connectivity index (χ1) is 12.6. The van der Waals surface area contributed by atoms with Gasteiger partial charge in [0.25, 0.3) is 5.56 Å². The quantitative estimate of drug-likeness (QED) is 0.563. The lowest BCUT2D eigenvalue weighted by Crippen LogP contribution is -2.33. The number of H-pyrrole nitrogens is 1. The maximum atomic E-state index is 12.2. The highest BCUT2D eigenvalue weighted by molar-refractivity contribution is 9.10. The van der Waals surface area contributed by atoms with Gasteiger partial charge in [-0.3, -0.25) is 14.3 Å². The summed E-state index contributed by atoms with van der Waals surface area (Å²) in [6, 6.07) is 6.84. The van der Waals surface area contributed by atoms with E-state index in [9.17, 15) is 29.0 Å². The Morgan fingerprint density at radius 1 is 1.33 bits per heavy atom. The first-order valence-corrected chi connectivity index (χ1v) is 10.0. The van der Waals surface area contributed by atoms with Crippen molar-refractivity contribution in [3.05, 3.63) is 55.8 Å². The van der Waals surface area contributed by atoms with Gasteiger partial charge >= 0.3 is 5.69 Å². The highest BCUT2D eigenvalue weighted by Gasteiger charge is 2.36. The van der Waals surface area contributed by atoms with Crippen molar-refractivity contribution in [2.45, 2.75) is 24.9 Å². The second kappa shape index (κ2) is 7.80. The van der Waals surface area contributed by atoms with Gasteiger partial charge in [0.05, 0.1) is 26.1 Å². The molecule has 0 amide bonds. The van der Waals surface area contributed by atoms with E-state index >= 15 is 0 Å². The van der Waals surface area contributed by atoms with E-state index < -0.39 is 44.1 Å². The highest BCUT2D eigenvalue weighted by atomic mass is 79.9. The summed E-state index contributed by atoms with van der Waals surface area (Å²) in [5.74, 6) is 0. The maximum Gasteiger partial charge on any atom is 0.330 e. The van der Waals surface area contributed by atoms with Crippen molar-refractivity contribution in [1.82, 2.24) is 9.55 Å². The number of aliphatic hydroxyl groups is 1. The topological polar surface area (TPSA) is 157 Å². The molecule has 1 aromatic heterocycles. The van der Waals surface area contributed by atoms with Crippen LogP contribution in [0.3, 0.4) is 0 Å². The molecule has 27 heavy (non-hydrogen) atoms. The van der Waals surface area contributed by atoms with Gasteiger partial charge in [0.2, 0.25) is 0 Å². The molecule has 1 aliphatic heterocycles. The van der Waals surface area contributed by atoms with Gasteiger partial charge in [-0.1, -0.05) is 28.1 Å². The summed E-state index contributed by atoms with van der Waals surface area (Å²) in [5.41, 5.74) is -0.567. The minimum absolute atomic E-state index is 0.0538. The van der Waals surface area contributed by atoms with E-state index in [1.54, 1.807) is 24.3 Å². The van der Waals surface area contributed by atoms with Gasteiger partial charge in [0, 0.05) is 17.1 Å². The third-order valence-electron chi connectivity index (χ3n) is 4.03. The van der Waals surface area contributed by atoms with Gasteiger partial charge in [-0.15, -0.1) is 0 Å². The summed E-state index contributed by atoms with van der Waals surface area (Å²) < 4.78 is 22.1. The Hall–Kier alpha value is -1.59. The van der Waals surface area contributed by atoms with E-state index in [0.29, 0.717) is 5.56 Å². The number of nitrogens with one attached hydrogen (secondary N) is 1. The van der Waals surface area contributed by atoms with Crippen LogP contribution in [-0.4, -0.2) is 33.5 Å². The Morgan fingerprint density at radius 3 is 2.63 bits per heavy atom. The molecular weight excluding hydrogens is 447 g/mol. The van der Waals surface area contributed by atoms with E-state index in [4.69, 9.17) is 4.74 Å². The van der Waals surface area contributed by atoms with Crippen LogP contribution in [0.15, 0.2) is 44.5 Å². The molecule has 0 saturated carbocycles. The Bertz CT molecular complexity index is 983. The normalized spacial score (nSPS) is 22.9. The van der Waals surface area contributed by atoms with Crippen LogP contribution in [0.2, 0.25) is 0 Å². The lowest BCUT2D eigenvalue weighted by Gasteiger charge is -2.30. The molecule has 1 aliphatic rings. The van der Waals surface area contributed by atoms with E-state index in [1.807, 2.05) is 0 Å². The molecule has 2 aromatic rings. The van der Waals surface area contributed by atoms with Gasteiger partial charge < -0.3 is 28.7 Å². The second-order valence-electron chi connectivity index (χ2n) is 5.89. The fourth-order valence-corrected chi connectivity index (χ4v) is 3.33. The Balaban J connectivity index is 1.88. The summed E-state index contributed by atoms with van der Waals surface area (Å²) in [7, 11) is -5.22. The number of nitrogens with zero attached hydrogens (tertiary/aromatic N) is 1. The fourth-order valence-electron chi connectivity index (χ4n) is 2.73. The molecule has 12 heteroatoms. The van der Waals surface area contributed by atoms with Gasteiger partial charge in [0.1, 0.15) is 12.3 Å². The van der Waals surface area contributed by atoms with Crippen molar-refractivity contribution in [3.8, 4) is 11.1 Å². The first-order valence-electron chi connectivity index (χ1n) is 7.75. The van der Waals surface area contributed by atoms with Crippen molar-refractivity contribution < 1.29 is 28.7 Å². The molecule has 3 rings (SSSR count). The van der Waals surface area contributed by atoms with Gasteiger partial charge in [-0.25, -0.2) is 4.79 Å². The fraction of sp³-hybridized carbons (Fsp3) is 0.333. The predicted octanol–water partition coefficient (Wildman–Crippen LogP) is -0.540. The molecule has 0 bridgehead atoms. The predicted molar refractivity (Wildman–Crippen MR) is 92.6 cm³/mol. The molecule has 1 saturated heterocycles. The number of aromatic amines is 1. The van der Waals surface area contributed by atoms with E-state index in [-0.39, 0.29) is 12.0 Å². The van der Waals surface area contributed by atoms with Crippen molar-refractivity contribution >= 4 is 23.8 Å². The lowest BCUT2D eigenvalue weighted by atomic mass is 10.1. The number of phosphoric acid groups is 1. The average Bonchev–Trinajstić information content (AvgIpc) is 2.94. The number of hydrogen-bond acceptors (Lipinski definition) is 8. The number of halogens is 1. The monoisotopic (exact) mass is 460 g/mol. The molecule has 3 unspecified atom stereocenters. The van der Waals surface area contributed by atoms with Crippen molar-refractivity contribution in [1.29, 1.82) is 0 Å². The zero-order valence-corrected chi connectivity index (χ0v) is 16.1. The number of hydrogen-bond donors (Lipinski definition) is 2. The molecule has 1 aromatic carbocycles. The number of benzene rings is 1. The Labute approximate surface area is 160 Å². The molecule has 0 aliphatic carbocycles. The molecule has 2 heterocycles. The standard InChI is InChI=1S/C15H16BrN2O8P/c16-9-3-1-8(2-4-9)10-6-18(15(21)17-14(10)20)13-5-11(19)12(26-13)7-25-27(22,23)24/h1-4,6,11-13,19H,5,7H2,(H,17,20,21)(H2,22,23,24)/p-2. The van der Waals surface area contributed by atoms with Crippen LogP contribution in [0.4, 0.5) is 0 Å². The van der Waals surface area contributed by atoms with E-state index in [1.165, 1.54) is 6.20 Å². The van der Waals surface area contributed by atoms with E-state index in [0.717, 1.165) is 9.04 Å². The molecule has 146 valence electrons. The van der Waals surface area contributed by atoms with Crippen LogP contribution in [0.25, 0.3) is 11.1 Å². The first kappa shape index (κ1) is 20.2. The van der Waals surface area contributed by atoms with Crippen LogP contribution in [0, 0.1) is 0 Å². The number of ether oxygens (including phenoxy) is 1. The maximum absolute atomic E-state index is 12.2. The van der Waals surface area contributed by atoms with Crippen LogP contribution in [0.1, 0.15) is 12.6 Å². The minimum Gasteiger partial charge on any atom is -0.790 e. The number of rotatable bonds is 5.